The first-order valence-corrected chi connectivity index (χ1v) is 9.00. The zero-order valence-electron chi connectivity index (χ0n) is 11.8. The monoisotopic (exact) mass is 340 g/mol. The minimum atomic E-state index is -3.37. The van der Waals surface area contributed by atoms with Crippen LogP contribution in [0.5, 0.6) is 0 Å². The molecule has 0 spiro atoms. The summed E-state index contributed by atoms with van der Waals surface area (Å²) >= 11 is 6.06. The number of halogens is 2. The van der Waals surface area contributed by atoms with E-state index in [1.54, 1.807) is 18.2 Å². The largest absolute Gasteiger partial charge is 0.366 e. The van der Waals surface area contributed by atoms with Gasteiger partial charge in [-0.15, -0.1) is 0 Å². The number of benzene rings is 1. The van der Waals surface area contributed by atoms with Gasteiger partial charge in [0.2, 0.25) is 0 Å². The molecule has 1 heterocycles. The third-order valence-corrected chi connectivity index (χ3v) is 5.11. The summed E-state index contributed by atoms with van der Waals surface area (Å²) in [4.78, 5) is 4.22. The van der Waals surface area contributed by atoms with Crippen molar-refractivity contribution in [2.45, 2.75) is 23.3 Å². The first kappa shape index (κ1) is 15.2. The van der Waals surface area contributed by atoms with Crippen molar-refractivity contribution >= 4 is 27.3 Å². The van der Waals surface area contributed by atoms with Crippen LogP contribution >= 0.6 is 11.6 Å². The molecule has 0 aliphatic heterocycles. The van der Waals surface area contributed by atoms with E-state index in [4.69, 9.17) is 11.6 Å². The number of aromatic nitrogens is 1. The molecule has 0 amide bonds. The highest BCUT2D eigenvalue weighted by Gasteiger charge is 2.42. The van der Waals surface area contributed by atoms with Gasteiger partial charge in [-0.25, -0.2) is 17.8 Å². The van der Waals surface area contributed by atoms with Crippen molar-refractivity contribution in [2.24, 2.45) is 0 Å². The number of anilines is 1. The van der Waals surface area contributed by atoms with Crippen molar-refractivity contribution in [1.29, 1.82) is 0 Å². The lowest BCUT2D eigenvalue weighted by molar-refractivity contribution is 0.601. The predicted molar refractivity (Wildman–Crippen MR) is 83.5 cm³/mol. The zero-order valence-corrected chi connectivity index (χ0v) is 13.3. The van der Waals surface area contributed by atoms with E-state index in [1.165, 1.54) is 18.3 Å². The Kier molecular flexibility index (Phi) is 3.82. The van der Waals surface area contributed by atoms with Crippen LogP contribution in [0.1, 0.15) is 17.9 Å². The molecule has 1 aliphatic rings. The summed E-state index contributed by atoms with van der Waals surface area (Å²) in [6.45, 7) is 0. The molecule has 2 atom stereocenters. The molecule has 2 aromatic rings. The molecular formula is C15H14ClFN2O2S. The number of nitrogens with one attached hydrogen (secondary N) is 1. The Balaban J connectivity index is 1.84. The van der Waals surface area contributed by atoms with E-state index in [2.05, 4.69) is 10.3 Å². The average Bonchev–Trinajstić information content (AvgIpc) is 3.17. The van der Waals surface area contributed by atoms with Crippen molar-refractivity contribution in [3.8, 4) is 0 Å². The molecule has 0 radical (unpaired) electrons. The molecular weight excluding hydrogens is 327 g/mol. The molecule has 0 bridgehead atoms. The third kappa shape index (κ3) is 2.94. The minimum absolute atomic E-state index is 0.0789. The molecule has 1 aromatic carbocycles. The second-order valence-corrected chi connectivity index (χ2v) is 7.74. The standard InChI is InChI=1S/C15H14ClFN2O2S/c1-22(20,21)13-6-3-7-18-15(13)19-12-8-9(12)14-10(16)4-2-5-11(14)17/h2-7,9,12H,8H2,1H3,(H,18,19). The van der Waals surface area contributed by atoms with Gasteiger partial charge in [-0.2, -0.15) is 0 Å². The number of hydrogen-bond acceptors (Lipinski definition) is 4. The Morgan fingerprint density at radius 3 is 2.77 bits per heavy atom. The fraction of sp³-hybridized carbons (Fsp3) is 0.267. The van der Waals surface area contributed by atoms with Gasteiger partial charge in [0.25, 0.3) is 0 Å². The molecule has 1 aliphatic carbocycles. The summed E-state index contributed by atoms with van der Waals surface area (Å²) in [5.41, 5.74) is 0.471. The third-order valence-electron chi connectivity index (χ3n) is 3.65. The fourth-order valence-electron chi connectivity index (χ4n) is 2.51. The molecule has 116 valence electrons. The van der Waals surface area contributed by atoms with E-state index in [0.29, 0.717) is 22.8 Å². The summed E-state index contributed by atoms with van der Waals surface area (Å²) in [6.07, 6.45) is 3.33. The van der Waals surface area contributed by atoms with Gasteiger partial charge in [0.05, 0.1) is 0 Å². The van der Waals surface area contributed by atoms with E-state index < -0.39 is 9.84 Å². The highest BCUT2D eigenvalue weighted by atomic mass is 35.5. The van der Waals surface area contributed by atoms with Crippen LogP contribution in [0.15, 0.2) is 41.4 Å². The van der Waals surface area contributed by atoms with E-state index in [1.807, 2.05) is 0 Å². The van der Waals surface area contributed by atoms with Crippen LogP contribution in [0.4, 0.5) is 10.2 Å². The summed E-state index contributed by atoms with van der Waals surface area (Å²) in [6, 6.07) is 7.58. The maximum atomic E-state index is 13.9. The van der Waals surface area contributed by atoms with Crippen molar-refractivity contribution in [3.63, 3.8) is 0 Å². The first-order valence-electron chi connectivity index (χ1n) is 6.73. The van der Waals surface area contributed by atoms with E-state index in [0.717, 1.165) is 6.26 Å². The van der Waals surface area contributed by atoms with E-state index in [9.17, 15) is 12.8 Å². The van der Waals surface area contributed by atoms with Gasteiger partial charge in [-0.3, -0.25) is 0 Å². The summed E-state index contributed by atoms with van der Waals surface area (Å²) < 4.78 is 37.4. The normalized spacial score (nSPS) is 20.7. The number of rotatable bonds is 4. The lowest BCUT2D eigenvalue weighted by atomic mass is 10.1. The maximum absolute atomic E-state index is 13.9. The number of sulfone groups is 1. The van der Waals surface area contributed by atoms with Gasteiger partial charge in [0, 0.05) is 35.0 Å². The van der Waals surface area contributed by atoms with Crippen LogP contribution in [0.2, 0.25) is 5.02 Å². The highest BCUT2D eigenvalue weighted by molar-refractivity contribution is 7.90. The van der Waals surface area contributed by atoms with Crippen molar-refractivity contribution < 1.29 is 12.8 Å². The maximum Gasteiger partial charge on any atom is 0.179 e. The molecule has 1 saturated carbocycles. The van der Waals surface area contributed by atoms with Gasteiger partial charge in [0.1, 0.15) is 16.5 Å². The lowest BCUT2D eigenvalue weighted by Crippen LogP contribution is -2.11. The molecule has 22 heavy (non-hydrogen) atoms. The number of pyridine rings is 1. The summed E-state index contributed by atoms with van der Waals surface area (Å²) in [7, 11) is -3.37. The van der Waals surface area contributed by atoms with E-state index >= 15 is 0 Å². The SMILES string of the molecule is CS(=O)(=O)c1cccnc1NC1CC1c1c(F)cccc1Cl. The van der Waals surface area contributed by atoms with Crippen molar-refractivity contribution in [3.05, 3.63) is 52.9 Å². The highest BCUT2D eigenvalue weighted by Crippen LogP contribution is 2.46. The first-order chi connectivity index (χ1) is 10.4. The second-order valence-electron chi connectivity index (χ2n) is 5.35. The molecule has 4 nitrogen and oxygen atoms in total. The molecule has 1 fully saturated rings. The van der Waals surface area contributed by atoms with E-state index in [-0.39, 0.29) is 22.7 Å². The van der Waals surface area contributed by atoms with Gasteiger partial charge >= 0.3 is 0 Å². The van der Waals surface area contributed by atoms with Crippen molar-refractivity contribution in [1.82, 2.24) is 4.98 Å². The Morgan fingerprint density at radius 1 is 1.32 bits per heavy atom. The van der Waals surface area contributed by atoms with Crippen LogP contribution < -0.4 is 5.32 Å². The minimum Gasteiger partial charge on any atom is -0.366 e. The summed E-state index contributed by atoms with van der Waals surface area (Å²) in [5, 5.41) is 3.47. The smallest absolute Gasteiger partial charge is 0.179 e. The Morgan fingerprint density at radius 2 is 2.09 bits per heavy atom. The number of nitrogens with zero attached hydrogens (tertiary/aromatic N) is 1. The molecule has 1 aromatic heterocycles. The predicted octanol–water partition coefficient (Wildman–Crippen LogP) is 3.25. The number of hydrogen-bond donors (Lipinski definition) is 1. The topological polar surface area (TPSA) is 59.1 Å². The second kappa shape index (κ2) is 5.52. The van der Waals surface area contributed by atoms with Crippen LogP contribution in [0, 0.1) is 5.82 Å². The fourth-order valence-corrected chi connectivity index (χ4v) is 3.60. The average molecular weight is 341 g/mol. The molecule has 0 saturated heterocycles. The van der Waals surface area contributed by atoms with Gasteiger partial charge in [0.15, 0.2) is 9.84 Å². The Hall–Kier alpha value is -1.66. The molecule has 3 rings (SSSR count). The molecule has 7 heteroatoms. The van der Waals surface area contributed by atoms with Crippen LogP contribution in [0.3, 0.4) is 0 Å². The van der Waals surface area contributed by atoms with Crippen molar-refractivity contribution in [2.75, 3.05) is 11.6 Å². The Labute approximate surface area is 133 Å². The van der Waals surface area contributed by atoms with Gasteiger partial charge in [-0.1, -0.05) is 17.7 Å². The zero-order chi connectivity index (χ0) is 15.9. The van der Waals surface area contributed by atoms with Gasteiger partial charge in [-0.05, 0) is 30.7 Å². The molecule has 1 N–H and O–H groups in total. The quantitative estimate of drug-likeness (QED) is 0.928. The van der Waals surface area contributed by atoms with Crippen LogP contribution in [-0.2, 0) is 9.84 Å². The lowest BCUT2D eigenvalue weighted by Gasteiger charge is -2.10. The van der Waals surface area contributed by atoms with Gasteiger partial charge < -0.3 is 5.32 Å². The Bertz CT molecular complexity index is 806. The summed E-state index contributed by atoms with van der Waals surface area (Å²) in [5.74, 6) is -0.126. The van der Waals surface area contributed by atoms with Crippen LogP contribution in [-0.4, -0.2) is 25.7 Å². The van der Waals surface area contributed by atoms with Crippen LogP contribution in [0.25, 0.3) is 0 Å². The molecule has 2 unspecified atom stereocenters.